The van der Waals surface area contributed by atoms with Crippen LogP contribution in [0, 0.1) is 0 Å². The van der Waals surface area contributed by atoms with Crippen LogP contribution in [0.3, 0.4) is 0 Å². The maximum Gasteiger partial charge on any atom is 0.166 e. The smallest absolute Gasteiger partial charge is 0.166 e. The molecule has 2 aromatic heterocycles. The molecule has 0 aliphatic carbocycles. The van der Waals surface area contributed by atoms with Crippen LogP contribution < -0.4 is 11.1 Å². The quantitative estimate of drug-likeness (QED) is 0.778. The molecular formula is C21H23N7O. The molecule has 5 rings (SSSR count). The number of Topliss-reactive ketones (excluding diaryl/α,β-unsaturated/α-hetero) is 1. The van der Waals surface area contributed by atoms with E-state index in [1.54, 1.807) is 6.20 Å². The van der Waals surface area contributed by atoms with Crippen molar-refractivity contribution in [1.29, 1.82) is 0 Å². The van der Waals surface area contributed by atoms with Crippen molar-refractivity contribution in [3.05, 3.63) is 47.2 Å². The lowest BCUT2D eigenvalue weighted by Crippen LogP contribution is -2.16. The van der Waals surface area contributed by atoms with Crippen molar-refractivity contribution in [3.63, 3.8) is 0 Å². The number of nitrogens with zero attached hydrogens (tertiary/aromatic N) is 5. The van der Waals surface area contributed by atoms with E-state index >= 15 is 0 Å². The van der Waals surface area contributed by atoms with E-state index < -0.39 is 0 Å². The number of carbonyl (C=O) groups excluding carboxylic acids is 1. The van der Waals surface area contributed by atoms with Gasteiger partial charge in [-0.2, -0.15) is 5.10 Å². The van der Waals surface area contributed by atoms with Crippen molar-refractivity contribution in [2.24, 2.45) is 4.99 Å². The summed E-state index contributed by atoms with van der Waals surface area (Å²) in [6, 6.07) is 0.185. The first kappa shape index (κ1) is 17.8. The van der Waals surface area contributed by atoms with Crippen LogP contribution in [-0.2, 0) is 0 Å². The van der Waals surface area contributed by atoms with Crippen LogP contribution in [0.15, 0.2) is 40.9 Å². The lowest BCUT2D eigenvalue weighted by atomic mass is 10.1. The van der Waals surface area contributed by atoms with Crippen LogP contribution in [0.5, 0.6) is 0 Å². The number of aliphatic imine (C=N–C) groups is 1. The predicted molar refractivity (Wildman–Crippen MR) is 113 cm³/mol. The van der Waals surface area contributed by atoms with E-state index in [-0.39, 0.29) is 11.8 Å². The zero-order valence-corrected chi connectivity index (χ0v) is 16.3. The SMILES string of the molecule is CCC(=O)c1cnc(N)c2c(C=C3C=CN4CC=NC4=C3)nn(C3CCNC3)c12. The maximum atomic E-state index is 12.6. The largest absolute Gasteiger partial charge is 0.383 e. The topological polar surface area (TPSA) is 101 Å². The minimum atomic E-state index is 0.0458. The highest BCUT2D eigenvalue weighted by atomic mass is 16.1. The summed E-state index contributed by atoms with van der Waals surface area (Å²) in [6.07, 6.45) is 12.9. The highest BCUT2D eigenvalue weighted by molar-refractivity contribution is 6.10. The Balaban J connectivity index is 1.71. The van der Waals surface area contributed by atoms with Gasteiger partial charge in [-0.15, -0.1) is 0 Å². The molecule has 8 nitrogen and oxygen atoms in total. The number of allylic oxidation sites excluding steroid dienone is 3. The van der Waals surface area contributed by atoms with Crippen LogP contribution in [0.1, 0.15) is 41.9 Å². The van der Waals surface area contributed by atoms with Crippen molar-refractivity contribution >= 4 is 34.8 Å². The van der Waals surface area contributed by atoms with Gasteiger partial charge in [0.2, 0.25) is 0 Å². The minimum absolute atomic E-state index is 0.0458. The number of hydrogen-bond donors (Lipinski definition) is 2. The molecule has 0 bridgehead atoms. The Hall–Kier alpha value is -3.26. The highest BCUT2D eigenvalue weighted by Crippen LogP contribution is 2.33. The van der Waals surface area contributed by atoms with Gasteiger partial charge < -0.3 is 16.0 Å². The first-order valence-corrected chi connectivity index (χ1v) is 9.97. The van der Waals surface area contributed by atoms with E-state index in [0.717, 1.165) is 54.0 Å². The Morgan fingerprint density at radius 2 is 2.34 bits per heavy atom. The van der Waals surface area contributed by atoms with Crippen LogP contribution in [0.2, 0.25) is 0 Å². The fraction of sp³-hybridized carbons (Fsp3) is 0.333. The zero-order valence-electron chi connectivity index (χ0n) is 16.3. The van der Waals surface area contributed by atoms with Gasteiger partial charge in [0, 0.05) is 31.6 Å². The number of ketones is 1. The molecule has 2 aromatic rings. The Bertz CT molecular complexity index is 1120. The van der Waals surface area contributed by atoms with Gasteiger partial charge in [0.15, 0.2) is 5.78 Å². The fourth-order valence-electron chi connectivity index (χ4n) is 4.10. The van der Waals surface area contributed by atoms with Gasteiger partial charge in [0.25, 0.3) is 0 Å². The summed E-state index contributed by atoms with van der Waals surface area (Å²) in [5.74, 6) is 1.35. The first-order chi connectivity index (χ1) is 14.2. The third-order valence-electron chi connectivity index (χ3n) is 5.63. The summed E-state index contributed by atoms with van der Waals surface area (Å²) in [4.78, 5) is 23.4. The second-order valence-electron chi connectivity index (χ2n) is 7.46. The summed E-state index contributed by atoms with van der Waals surface area (Å²) in [5, 5.41) is 9.02. The molecule has 8 heteroatoms. The van der Waals surface area contributed by atoms with E-state index in [4.69, 9.17) is 10.8 Å². The van der Waals surface area contributed by atoms with Gasteiger partial charge in [0.1, 0.15) is 11.6 Å². The number of hydrogen-bond acceptors (Lipinski definition) is 7. The maximum absolute atomic E-state index is 12.6. The fourth-order valence-corrected chi connectivity index (χ4v) is 4.10. The van der Waals surface area contributed by atoms with Crippen molar-refractivity contribution in [1.82, 2.24) is 25.0 Å². The average molecular weight is 389 g/mol. The second kappa shape index (κ2) is 6.97. The van der Waals surface area contributed by atoms with Crippen LogP contribution in [0.25, 0.3) is 17.0 Å². The van der Waals surface area contributed by atoms with Gasteiger partial charge in [-0.25, -0.2) is 9.98 Å². The Kier molecular flexibility index (Phi) is 4.28. The lowest BCUT2D eigenvalue weighted by molar-refractivity contribution is 0.0989. The van der Waals surface area contributed by atoms with E-state index in [9.17, 15) is 4.79 Å². The molecule has 1 saturated heterocycles. The number of fused-ring (bicyclic) bond motifs is 2. The standard InChI is InChI=1S/C21H23N7O/c1-2-17(29)15-12-25-21(22)19-16(26-28(20(15)19)14-3-5-23-11-14)9-13-4-7-27-8-6-24-18(27)10-13/h4,6-7,9-10,12,14,23H,2-3,5,8,11H2,1H3,(H2,22,25). The molecule has 5 heterocycles. The lowest BCUT2D eigenvalue weighted by Gasteiger charge is -2.16. The summed E-state index contributed by atoms with van der Waals surface area (Å²) < 4.78 is 1.97. The molecule has 29 heavy (non-hydrogen) atoms. The van der Waals surface area contributed by atoms with Gasteiger partial charge in [-0.05, 0) is 36.8 Å². The predicted octanol–water partition coefficient (Wildman–Crippen LogP) is 2.28. The molecule has 1 fully saturated rings. The molecule has 3 N–H and O–H groups in total. The number of nitrogens with two attached hydrogens (primary N) is 1. The van der Waals surface area contributed by atoms with Crippen LogP contribution in [0.4, 0.5) is 5.82 Å². The number of aromatic nitrogens is 3. The van der Waals surface area contributed by atoms with Gasteiger partial charge in [0.05, 0.1) is 34.7 Å². The van der Waals surface area contributed by atoms with Crippen molar-refractivity contribution < 1.29 is 4.79 Å². The summed E-state index contributed by atoms with van der Waals surface area (Å²) in [6.45, 7) is 4.41. The molecule has 148 valence electrons. The molecular weight excluding hydrogens is 366 g/mol. The Morgan fingerprint density at radius 3 is 3.14 bits per heavy atom. The monoisotopic (exact) mass is 389 g/mol. The average Bonchev–Trinajstić information content (AvgIpc) is 3.47. The molecule has 1 unspecified atom stereocenters. The molecule has 1 atom stereocenters. The van der Waals surface area contributed by atoms with Gasteiger partial charge in [-0.3, -0.25) is 9.48 Å². The number of pyridine rings is 1. The second-order valence-corrected chi connectivity index (χ2v) is 7.46. The normalized spacial score (nSPS) is 22.0. The molecule has 0 spiro atoms. The van der Waals surface area contributed by atoms with E-state index in [0.29, 0.717) is 17.8 Å². The highest BCUT2D eigenvalue weighted by Gasteiger charge is 2.26. The summed E-state index contributed by atoms with van der Waals surface area (Å²) in [5.41, 5.74) is 9.38. The zero-order chi connectivity index (χ0) is 20.0. The molecule has 0 radical (unpaired) electrons. The third kappa shape index (κ3) is 2.96. The van der Waals surface area contributed by atoms with Crippen LogP contribution >= 0.6 is 0 Å². The number of carbonyl (C=O) groups is 1. The third-order valence-corrected chi connectivity index (χ3v) is 5.63. The molecule has 0 saturated carbocycles. The van der Waals surface area contributed by atoms with E-state index in [1.165, 1.54) is 0 Å². The number of nitrogens with one attached hydrogen (secondary N) is 1. The van der Waals surface area contributed by atoms with Gasteiger partial charge >= 0.3 is 0 Å². The summed E-state index contributed by atoms with van der Waals surface area (Å²) >= 11 is 0. The molecule has 0 amide bonds. The molecule has 3 aliphatic rings. The number of anilines is 1. The van der Waals surface area contributed by atoms with Crippen molar-refractivity contribution in [3.8, 4) is 0 Å². The van der Waals surface area contributed by atoms with Gasteiger partial charge in [-0.1, -0.05) is 6.92 Å². The minimum Gasteiger partial charge on any atom is -0.383 e. The Labute approximate surface area is 168 Å². The summed E-state index contributed by atoms with van der Waals surface area (Å²) in [7, 11) is 0. The Morgan fingerprint density at radius 1 is 1.45 bits per heavy atom. The number of rotatable bonds is 4. The first-order valence-electron chi connectivity index (χ1n) is 9.97. The van der Waals surface area contributed by atoms with Crippen molar-refractivity contribution in [2.75, 3.05) is 25.4 Å². The number of nitrogen functional groups attached to an aromatic ring is 1. The van der Waals surface area contributed by atoms with Crippen LogP contribution in [-0.4, -0.2) is 51.3 Å². The molecule has 3 aliphatic heterocycles. The van der Waals surface area contributed by atoms with E-state index in [1.807, 2.05) is 42.2 Å². The molecule has 0 aromatic carbocycles. The van der Waals surface area contributed by atoms with Crippen molar-refractivity contribution in [2.45, 2.75) is 25.8 Å². The van der Waals surface area contributed by atoms with E-state index in [2.05, 4.69) is 20.2 Å².